The standard InChI is InChI=1S/C15H12ClN3O2/c1-17-13-7-6-11(16)12(18-13)8-19-14(20)9-4-2-3-5-10(9)15(19)21/h2-7H,8H2,1H3,(H,17,18). The van der Waals surface area contributed by atoms with E-state index in [1.807, 2.05) is 0 Å². The molecule has 2 amide bonds. The van der Waals surface area contributed by atoms with Gasteiger partial charge in [-0.15, -0.1) is 0 Å². The van der Waals surface area contributed by atoms with Crippen molar-refractivity contribution in [3.8, 4) is 0 Å². The van der Waals surface area contributed by atoms with Gasteiger partial charge in [-0.1, -0.05) is 23.7 Å². The van der Waals surface area contributed by atoms with Crippen LogP contribution in [-0.2, 0) is 6.54 Å². The van der Waals surface area contributed by atoms with Gasteiger partial charge in [-0.25, -0.2) is 4.98 Å². The van der Waals surface area contributed by atoms with E-state index in [1.54, 1.807) is 43.4 Å². The normalized spacial score (nSPS) is 13.5. The average molecular weight is 302 g/mol. The van der Waals surface area contributed by atoms with Crippen molar-refractivity contribution in [1.82, 2.24) is 9.88 Å². The molecule has 3 rings (SSSR count). The number of pyridine rings is 1. The predicted molar refractivity (Wildman–Crippen MR) is 79.4 cm³/mol. The molecule has 0 saturated heterocycles. The number of carbonyl (C=O) groups is 2. The zero-order valence-corrected chi connectivity index (χ0v) is 12.0. The molecule has 0 aliphatic carbocycles. The molecular weight excluding hydrogens is 290 g/mol. The molecule has 2 aromatic rings. The zero-order valence-electron chi connectivity index (χ0n) is 11.3. The number of hydrogen-bond acceptors (Lipinski definition) is 4. The average Bonchev–Trinajstić information content (AvgIpc) is 2.75. The van der Waals surface area contributed by atoms with Crippen molar-refractivity contribution in [2.45, 2.75) is 6.54 Å². The second-order valence-electron chi connectivity index (χ2n) is 4.62. The molecule has 0 saturated carbocycles. The van der Waals surface area contributed by atoms with Crippen molar-refractivity contribution in [3.05, 3.63) is 58.2 Å². The third-order valence-electron chi connectivity index (χ3n) is 3.36. The van der Waals surface area contributed by atoms with Gasteiger partial charge >= 0.3 is 0 Å². The maximum Gasteiger partial charge on any atom is 0.261 e. The van der Waals surface area contributed by atoms with Gasteiger partial charge in [0.15, 0.2) is 0 Å². The molecule has 0 radical (unpaired) electrons. The Morgan fingerprint density at radius 3 is 2.29 bits per heavy atom. The highest BCUT2D eigenvalue weighted by Gasteiger charge is 2.35. The maximum absolute atomic E-state index is 12.3. The minimum absolute atomic E-state index is 0.0563. The fourth-order valence-electron chi connectivity index (χ4n) is 2.27. The molecule has 0 unspecified atom stereocenters. The SMILES string of the molecule is CNc1ccc(Cl)c(CN2C(=O)c3ccccc3C2=O)n1. The summed E-state index contributed by atoms with van der Waals surface area (Å²) in [7, 11) is 1.74. The summed E-state index contributed by atoms with van der Waals surface area (Å²) >= 11 is 6.10. The Bertz CT molecular complexity index is 710. The number of nitrogens with zero attached hydrogens (tertiary/aromatic N) is 2. The molecule has 0 fully saturated rings. The van der Waals surface area contributed by atoms with Gasteiger partial charge in [0.1, 0.15) is 5.82 Å². The van der Waals surface area contributed by atoms with Gasteiger partial charge in [0.2, 0.25) is 0 Å². The van der Waals surface area contributed by atoms with Crippen LogP contribution in [0.4, 0.5) is 5.82 Å². The van der Waals surface area contributed by atoms with E-state index in [4.69, 9.17) is 11.6 Å². The number of imide groups is 1. The van der Waals surface area contributed by atoms with Crippen LogP contribution in [0.25, 0.3) is 0 Å². The molecular formula is C15H12ClN3O2. The first-order valence-electron chi connectivity index (χ1n) is 6.40. The van der Waals surface area contributed by atoms with Crippen LogP contribution < -0.4 is 5.32 Å². The molecule has 21 heavy (non-hydrogen) atoms. The smallest absolute Gasteiger partial charge is 0.261 e. The summed E-state index contributed by atoms with van der Waals surface area (Å²) in [6, 6.07) is 10.2. The van der Waals surface area contributed by atoms with Crippen molar-refractivity contribution < 1.29 is 9.59 Å². The third kappa shape index (κ3) is 2.25. The van der Waals surface area contributed by atoms with Crippen LogP contribution in [-0.4, -0.2) is 28.7 Å². The number of carbonyl (C=O) groups excluding carboxylic acids is 2. The molecule has 0 spiro atoms. The second kappa shape index (κ2) is 5.18. The highest BCUT2D eigenvalue weighted by atomic mass is 35.5. The lowest BCUT2D eigenvalue weighted by Crippen LogP contribution is -2.29. The summed E-state index contributed by atoms with van der Waals surface area (Å²) in [5, 5.41) is 3.32. The number of aromatic nitrogens is 1. The molecule has 1 aromatic carbocycles. The van der Waals surface area contributed by atoms with Gasteiger partial charge in [-0.2, -0.15) is 0 Å². The number of rotatable bonds is 3. The van der Waals surface area contributed by atoms with Gasteiger partial charge in [-0.05, 0) is 24.3 Å². The largest absolute Gasteiger partial charge is 0.373 e. The van der Waals surface area contributed by atoms with Crippen molar-refractivity contribution in [2.75, 3.05) is 12.4 Å². The Kier molecular flexibility index (Phi) is 3.35. The Morgan fingerprint density at radius 2 is 1.71 bits per heavy atom. The Morgan fingerprint density at radius 1 is 1.10 bits per heavy atom. The van der Waals surface area contributed by atoms with E-state index in [9.17, 15) is 9.59 Å². The van der Waals surface area contributed by atoms with Crippen molar-refractivity contribution in [3.63, 3.8) is 0 Å². The molecule has 1 aliphatic heterocycles. The highest BCUT2D eigenvalue weighted by Crippen LogP contribution is 2.26. The number of amides is 2. The van der Waals surface area contributed by atoms with E-state index < -0.39 is 0 Å². The summed E-state index contributed by atoms with van der Waals surface area (Å²) in [4.78, 5) is 30.1. The van der Waals surface area contributed by atoms with E-state index in [0.29, 0.717) is 27.7 Å². The van der Waals surface area contributed by atoms with E-state index in [0.717, 1.165) is 4.90 Å². The lowest BCUT2D eigenvalue weighted by atomic mass is 10.1. The fraction of sp³-hybridized carbons (Fsp3) is 0.133. The topological polar surface area (TPSA) is 62.3 Å². The Labute approximate surface area is 126 Å². The fourth-order valence-corrected chi connectivity index (χ4v) is 2.43. The summed E-state index contributed by atoms with van der Waals surface area (Å²) in [6.07, 6.45) is 0. The van der Waals surface area contributed by atoms with Crippen LogP contribution in [0.5, 0.6) is 0 Å². The lowest BCUT2D eigenvalue weighted by Gasteiger charge is -2.14. The Hall–Kier alpha value is -2.40. The summed E-state index contributed by atoms with van der Waals surface area (Å²) in [6.45, 7) is 0.0563. The molecule has 1 aliphatic rings. The van der Waals surface area contributed by atoms with Crippen LogP contribution in [0.3, 0.4) is 0 Å². The number of fused-ring (bicyclic) bond motifs is 1. The quantitative estimate of drug-likeness (QED) is 0.885. The van der Waals surface area contributed by atoms with E-state index in [2.05, 4.69) is 10.3 Å². The number of benzene rings is 1. The van der Waals surface area contributed by atoms with Crippen molar-refractivity contribution >= 4 is 29.2 Å². The first-order valence-corrected chi connectivity index (χ1v) is 6.78. The summed E-state index contributed by atoms with van der Waals surface area (Å²) in [5.74, 6) is -0.00216. The van der Waals surface area contributed by atoms with Gasteiger partial charge in [0.05, 0.1) is 28.4 Å². The molecule has 6 heteroatoms. The van der Waals surface area contributed by atoms with Crippen molar-refractivity contribution in [2.24, 2.45) is 0 Å². The van der Waals surface area contributed by atoms with Crippen LogP contribution in [0.15, 0.2) is 36.4 Å². The first kappa shape index (κ1) is 13.6. The van der Waals surface area contributed by atoms with Gasteiger partial charge in [-0.3, -0.25) is 14.5 Å². The summed E-state index contributed by atoms with van der Waals surface area (Å²) in [5.41, 5.74) is 1.32. The second-order valence-corrected chi connectivity index (χ2v) is 5.02. The molecule has 5 nitrogen and oxygen atoms in total. The minimum atomic E-state index is -0.316. The lowest BCUT2D eigenvalue weighted by molar-refractivity contribution is 0.0640. The zero-order chi connectivity index (χ0) is 15.0. The number of anilines is 1. The number of hydrogen-bond donors (Lipinski definition) is 1. The predicted octanol–water partition coefficient (Wildman–Crippen LogP) is 2.57. The summed E-state index contributed by atoms with van der Waals surface area (Å²) < 4.78 is 0. The first-order chi connectivity index (χ1) is 10.1. The maximum atomic E-state index is 12.3. The minimum Gasteiger partial charge on any atom is -0.373 e. The van der Waals surface area contributed by atoms with Crippen LogP contribution in [0, 0.1) is 0 Å². The molecule has 1 aromatic heterocycles. The van der Waals surface area contributed by atoms with Crippen molar-refractivity contribution in [1.29, 1.82) is 0 Å². The monoisotopic (exact) mass is 301 g/mol. The highest BCUT2D eigenvalue weighted by molar-refractivity contribution is 6.31. The molecule has 2 heterocycles. The molecule has 0 atom stereocenters. The van der Waals surface area contributed by atoms with Gasteiger partial charge in [0, 0.05) is 7.05 Å². The molecule has 0 bridgehead atoms. The number of halogens is 1. The van der Waals surface area contributed by atoms with Gasteiger partial charge < -0.3 is 5.32 Å². The Balaban J connectivity index is 1.94. The van der Waals surface area contributed by atoms with Crippen LogP contribution in [0.1, 0.15) is 26.4 Å². The number of nitrogens with one attached hydrogen (secondary N) is 1. The van der Waals surface area contributed by atoms with E-state index in [-0.39, 0.29) is 18.4 Å². The van der Waals surface area contributed by atoms with Crippen LogP contribution >= 0.6 is 11.6 Å². The van der Waals surface area contributed by atoms with Gasteiger partial charge in [0.25, 0.3) is 11.8 Å². The molecule has 106 valence electrons. The van der Waals surface area contributed by atoms with E-state index in [1.165, 1.54) is 0 Å². The third-order valence-corrected chi connectivity index (χ3v) is 3.70. The molecule has 1 N–H and O–H groups in total. The van der Waals surface area contributed by atoms with Crippen LogP contribution in [0.2, 0.25) is 5.02 Å². The van der Waals surface area contributed by atoms with E-state index >= 15 is 0 Å².